The third-order valence-electron chi connectivity index (χ3n) is 3.98. The van der Waals surface area contributed by atoms with E-state index in [1.54, 1.807) is 23.2 Å². The van der Waals surface area contributed by atoms with Crippen LogP contribution in [0.2, 0.25) is 0 Å². The molecular weight excluding hydrogens is 288 g/mol. The van der Waals surface area contributed by atoms with Gasteiger partial charge in [0.15, 0.2) is 0 Å². The number of nitrogens with zero attached hydrogens (tertiary/aromatic N) is 4. The molecule has 110 valence electrons. The zero-order chi connectivity index (χ0) is 14.2. The first-order valence-corrected chi connectivity index (χ1v) is 8.27. The van der Waals surface area contributed by atoms with Gasteiger partial charge in [-0.1, -0.05) is 0 Å². The van der Waals surface area contributed by atoms with Crippen LogP contribution in [0.4, 0.5) is 6.01 Å². The zero-order valence-electron chi connectivity index (χ0n) is 11.6. The van der Waals surface area contributed by atoms with Crippen molar-refractivity contribution in [1.82, 2.24) is 14.8 Å². The summed E-state index contributed by atoms with van der Waals surface area (Å²) in [4.78, 5) is 18.3. The number of aromatic nitrogens is 3. The predicted octanol–water partition coefficient (Wildman–Crippen LogP) is 1.16. The van der Waals surface area contributed by atoms with Gasteiger partial charge in [-0.2, -0.15) is 16.9 Å². The first-order valence-electron chi connectivity index (χ1n) is 7.12. The second-order valence-electron chi connectivity index (χ2n) is 5.52. The SMILES string of the molecule is O=c1cc2c(nn1CC1CN(c3ncco3)C1)CCSC2. The molecule has 2 aliphatic heterocycles. The minimum atomic E-state index is 0.0193. The number of hydrogen-bond donors (Lipinski definition) is 0. The van der Waals surface area contributed by atoms with Crippen LogP contribution in [0, 0.1) is 5.92 Å². The second-order valence-corrected chi connectivity index (χ2v) is 6.63. The molecule has 2 aliphatic rings. The summed E-state index contributed by atoms with van der Waals surface area (Å²) in [5.41, 5.74) is 2.23. The Morgan fingerprint density at radius 2 is 2.33 bits per heavy atom. The molecule has 0 radical (unpaired) electrons. The Balaban J connectivity index is 1.45. The van der Waals surface area contributed by atoms with Gasteiger partial charge in [-0.15, -0.1) is 0 Å². The van der Waals surface area contributed by atoms with Crippen molar-refractivity contribution >= 4 is 17.8 Å². The summed E-state index contributed by atoms with van der Waals surface area (Å²) in [7, 11) is 0. The van der Waals surface area contributed by atoms with Gasteiger partial charge in [0.05, 0.1) is 18.4 Å². The fourth-order valence-electron chi connectivity index (χ4n) is 2.84. The van der Waals surface area contributed by atoms with Crippen LogP contribution in [-0.2, 0) is 18.7 Å². The molecule has 1 saturated heterocycles. The van der Waals surface area contributed by atoms with Crippen molar-refractivity contribution in [3.05, 3.63) is 40.1 Å². The molecule has 0 N–H and O–H groups in total. The molecule has 0 aliphatic carbocycles. The van der Waals surface area contributed by atoms with Gasteiger partial charge in [-0.3, -0.25) is 4.79 Å². The molecule has 1 fully saturated rings. The van der Waals surface area contributed by atoms with Crippen molar-refractivity contribution in [2.45, 2.75) is 18.7 Å². The maximum atomic E-state index is 12.1. The lowest BCUT2D eigenvalue weighted by Crippen LogP contribution is -2.50. The molecule has 21 heavy (non-hydrogen) atoms. The lowest BCUT2D eigenvalue weighted by Gasteiger charge is -2.38. The quantitative estimate of drug-likeness (QED) is 0.848. The average Bonchev–Trinajstić information content (AvgIpc) is 2.96. The van der Waals surface area contributed by atoms with Crippen LogP contribution in [0.25, 0.3) is 0 Å². The average molecular weight is 304 g/mol. The molecule has 7 heteroatoms. The normalized spacial score (nSPS) is 18.4. The number of aryl methyl sites for hydroxylation is 1. The van der Waals surface area contributed by atoms with Gasteiger partial charge in [0.1, 0.15) is 6.26 Å². The first kappa shape index (κ1) is 12.9. The zero-order valence-corrected chi connectivity index (χ0v) is 12.4. The molecule has 0 aromatic carbocycles. The summed E-state index contributed by atoms with van der Waals surface area (Å²) in [6.45, 7) is 2.40. The van der Waals surface area contributed by atoms with Gasteiger partial charge >= 0.3 is 0 Å². The first-order chi connectivity index (χ1) is 10.3. The highest BCUT2D eigenvalue weighted by atomic mass is 32.2. The lowest BCUT2D eigenvalue weighted by atomic mass is 10.0. The minimum absolute atomic E-state index is 0.0193. The van der Waals surface area contributed by atoms with Crippen LogP contribution in [-0.4, -0.2) is 33.6 Å². The van der Waals surface area contributed by atoms with Crippen molar-refractivity contribution in [3.8, 4) is 0 Å². The summed E-state index contributed by atoms with van der Waals surface area (Å²) in [6, 6.07) is 2.42. The Labute approximate surface area is 126 Å². The Morgan fingerprint density at radius 3 is 3.14 bits per heavy atom. The van der Waals surface area contributed by atoms with Gasteiger partial charge in [0.25, 0.3) is 11.6 Å². The molecule has 0 unspecified atom stereocenters. The largest absolute Gasteiger partial charge is 0.432 e. The third kappa shape index (κ3) is 2.46. The molecular formula is C14H16N4O2S. The Kier molecular flexibility index (Phi) is 3.21. The van der Waals surface area contributed by atoms with Crippen molar-refractivity contribution in [1.29, 1.82) is 0 Å². The van der Waals surface area contributed by atoms with Gasteiger partial charge in [-0.25, -0.2) is 9.67 Å². The van der Waals surface area contributed by atoms with Crippen LogP contribution in [0.15, 0.2) is 27.7 Å². The fourth-order valence-corrected chi connectivity index (χ4v) is 3.79. The molecule has 0 saturated carbocycles. The van der Waals surface area contributed by atoms with Gasteiger partial charge in [0, 0.05) is 37.2 Å². The van der Waals surface area contributed by atoms with E-state index >= 15 is 0 Å². The van der Waals surface area contributed by atoms with Crippen LogP contribution >= 0.6 is 11.8 Å². The third-order valence-corrected chi connectivity index (χ3v) is 4.99. The maximum absolute atomic E-state index is 12.1. The Morgan fingerprint density at radius 1 is 1.43 bits per heavy atom. The number of thioether (sulfide) groups is 1. The van der Waals surface area contributed by atoms with Gasteiger partial charge in [-0.05, 0) is 11.3 Å². The number of fused-ring (bicyclic) bond motifs is 1. The molecule has 4 heterocycles. The van der Waals surface area contributed by atoms with E-state index < -0.39 is 0 Å². The summed E-state index contributed by atoms with van der Waals surface area (Å²) in [5, 5.41) is 4.56. The highest BCUT2D eigenvalue weighted by Crippen LogP contribution is 2.24. The monoisotopic (exact) mass is 304 g/mol. The topological polar surface area (TPSA) is 64.2 Å². The van der Waals surface area contributed by atoms with E-state index in [4.69, 9.17) is 4.42 Å². The van der Waals surface area contributed by atoms with Crippen molar-refractivity contribution in [2.24, 2.45) is 5.92 Å². The molecule has 6 nitrogen and oxygen atoms in total. The van der Waals surface area contributed by atoms with Crippen LogP contribution in [0.3, 0.4) is 0 Å². The van der Waals surface area contributed by atoms with E-state index in [1.807, 2.05) is 11.8 Å². The van der Waals surface area contributed by atoms with Crippen LogP contribution < -0.4 is 10.5 Å². The van der Waals surface area contributed by atoms with E-state index in [9.17, 15) is 4.79 Å². The second kappa shape index (κ2) is 5.22. The maximum Gasteiger partial charge on any atom is 0.297 e. The van der Waals surface area contributed by atoms with Crippen molar-refractivity contribution in [2.75, 3.05) is 23.7 Å². The molecule has 0 amide bonds. The Hall–Kier alpha value is -1.76. The molecule has 2 aromatic rings. The van der Waals surface area contributed by atoms with Crippen LogP contribution in [0.1, 0.15) is 11.3 Å². The number of hydrogen-bond acceptors (Lipinski definition) is 6. The van der Waals surface area contributed by atoms with E-state index in [0.29, 0.717) is 18.5 Å². The summed E-state index contributed by atoms with van der Waals surface area (Å²) in [6.07, 6.45) is 4.19. The summed E-state index contributed by atoms with van der Waals surface area (Å²) in [5.74, 6) is 2.44. The van der Waals surface area contributed by atoms with E-state index in [-0.39, 0.29) is 5.56 Å². The smallest absolute Gasteiger partial charge is 0.297 e. The lowest BCUT2D eigenvalue weighted by molar-refractivity contribution is 0.315. The van der Waals surface area contributed by atoms with Crippen molar-refractivity contribution in [3.63, 3.8) is 0 Å². The van der Waals surface area contributed by atoms with E-state index in [1.165, 1.54) is 0 Å². The predicted molar refractivity (Wildman–Crippen MR) is 80.6 cm³/mol. The van der Waals surface area contributed by atoms with Gasteiger partial charge < -0.3 is 9.32 Å². The van der Waals surface area contributed by atoms with Gasteiger partial charge in [0.2, 0.25) is 0 Å². The number of oxazole rings is 1. The van der Waals surface area contributed by atoms with Crippen molar-refractivity contribution < 1.29 is 4.42 Å². The summed E-state index contributed by atoms with van der Waals surface area (Å²) >= 11 is 1.87. The van der Waals surface area contributed by atoms with Crippen LogP contribution in [0.5, 0.6) is 0 Å². The minimum Gasteiger partial charge on any atom is -0.432 e. The highest BCUT2D eigenvalue weighted by molar-refractivity contribution is 7.98. The summed E-state index contributed by atoms with van der Waals surface area (Å²) < 4.78 is 6.89. The molecule has 4 rings (SSSR count). The fraction of sp³-hybridized carbons (Fsp3) is 0.500. The highest BCUT2D eigenvalue weighted by Gasteiger charge is 2.30. The Bertz CT molecular complexity index is 691. The van der Waals surface area contributed by atoms with E-state index in [2.05, 4.69) is 15.0 Å². The molecule has 2 aromatic heterocycles. The standard InChI is InChI=1S/C14H16N4O2S/c19-13-5-11-9-21-4-1-12(11)16-18(13)8-10-6-17(7-10)14-15-2-3-20-14/h2-3,5,10H,1,4,6-9H2. The number of anilines is 1. The van der Waals surface area contributed by atoms with E-state index in [0.717, 1.165) is 42.3 Å². The number of rotatable bonds is 3. The molecule has 0 spiro atoms. The molecule has 0 atom stereocenters. The molecule has 0 bridgehead atoms.